The predicted molar refractivity (Wildman–Crippen MR) is 89.2 cm³/mol. The molecule has 6 nitrogen and oxygen atoms in total. The SMILES string of the molecule is CC(C)CC(C)(CN)NC(=O)C(C)NS(=O)(=O)c1cccs1. The van der Waals surface area contributed by atoms with Crippen LogP contribution in [0.15, 0.2) is 21.7 Å². The van der Waals surface area contributed by atoms with Crippen molar-refractivity contribution in [3.63, 3.8) is 0 Å². The Balaban J connectivity index is 2.73. The average molecular weight is 348 g/mol. The molecule has 0 saturated carbocycles. The van der Waals surface area contributed by atoms with Crippen LogP contribution < -0.4 is 15.8 Å². The fourth-order valence-corrected chi connectivity index (χ4v) is 4.47. The molecule has 1 aromatic rings. The molecule has 2 atom stereocenters. The molecule has 1 heterocycles. The monoisotopic (exact) mass is 347 g/mol. The van der Waals surface area contributed by atoms with Crippen LogP contribution in [-0.2, 0) is 14.8 Å². The molecule has 0 bridgehead atoms. The standard InChI is InChI=1S/C14H25N3O3S2/c1-10(2)8-14(4,9-15)16-13(18)11(3)17-22(19,20)12-6-5-7-21-12/h5-7,10-11,17H,8-9,15H2,1-4H3,(H,16,18). The van der Waals surface area contributed by atoms with Gasteiger partial charge in [-0.25, -0.2) is 8.42 Å². The molecule has 0 aliphatic heterocycles. The Hall–Kier alpha value is -0.960. The van der Waals surface area contributed by atoms with Crippen LogP contribution in [-0.4, -0.2) is 32.5 Å². The number of hydrogen-bond donors (Lipinski definition) is 3. The minimum Gasteiger partial charge on any atom is -0.348 e. The van der Waals surface area contributed by atoms with Gasteiger partial charge in [0.05, 0.1) is 6.04 Å². The van der Waals surface area contributed by atoms with E-state index in [1.54, 1.807) is 11.4 Å². The Morgan fingerprint density at radius 3 is 2.50 bits per heavy atom. The Morgan fingerprint density at radius 1 is 1.41 bits per heavy atom. The maximum Gasteiger partial charge on any atom is 0.250 e. The van der Waals surface area contributed by atoms with Gasteiger partial charge in [-0.3, -0.25) is 4.79 Å². The Labute approximate surface area is 136 Å². The maximum atomic E-state index is 12.3. The molecule has 0 aliphatic rings. The normalized spacial score (nSPS) is 16.3. The van der Waals surface area contributed by atoms with Crippen molar-refractivity contribution in [3.05, 3.63) is 17.5 Å². The van der Waals surface area contributed by atoms with Gasteiger partial charge in [0.1, 0.15) is 4.21 Å². The molecule has 0 fully saturated rings. The van der Waals surface area contributed by atoms with Crippen molar-refractivity contribution < 1.29 is 13.2 Å². The quantitative estimate of drug-likeness (QED) is 0.659. The summed E-state index contributed by atoms with van der Waals surface area (Å²) in [5, 5.41) is 4.53. The van der Waals surface area contributed by atoms with Crippen molar-refractivity contribution in [3.8, 4) is 0 Å². The number of carbonyl (C=O) groups excluding carboxylic acids is 1. The lowest BCUT2D eigenvalue weighted by Crippen LogP contribution is -2.57. The summed E-state index contributed by atoms with van der Waals surface area (Å²) in [7, 11) is -3.67. The van der Waals surface area contributed by atoms with Gasteiger partial charge < -0.3 is 11.1 Å². The smallest absolute Gasteiger partial charge is 0.250 e. The number of sulfonamides is 1. The van der Waals surface area contributed by atoms with Gasteiger partial charge in [0.15, 0.2) is 0 Å². The van der Waals surface area contributed by atoms with E-state index in [-0.39, 0.29) is 10.1 Å². The van der Waals surface area contributed by atoms with Gasteiger partial charge in [-0.1, -0.05) is 19.9 Å². The largest absolute Gasteiger partial charge is 0.348 e. The van der Waals surface area contributed by atoms with Gasteiger partial charge in [0.25, 0.3) is 10.0 Å². The van der Waals surface area contributed by atoms with Crippen LogP contribution in [0.4, 0.5) is 0 Å². The van der Waals surface area contributed by atoms with Crippen molar-refractivity contribution in [2.75, 3.05) is 6.54 Å². The summed E-state index contributed by atoms with van der Waals surface area (Å²) >= 11 is 1.11. The van der Waals surface area contributed by atoms with Crippen molar-refractivity contribution in [1.82, 2.24) is 10.0 Å². The summed E-state index contributed by atoms with van der Waals surface area (Å²) in [6.45, 7) is 7.77. The number of thiophene rings is 1. The third-order valence-corrected chi connectivity index (χ3v) is 6.16. The molecule has 0 radical (unpaired) electrons. The summed E-state index contributed by atoms with van der Waals surface area (Å²) in [5.74, 6) is -0.0132. The molecule has 0 spiro atoms. The highest BCUT2D eigenvalue weighted by Gasteiger charge is 2.30. The minimum atomic E-state index is -3.67. The van der Waals surface area contributed by atoms with Crippen LogP contribution in [0.1, 0.15) is 34.1 Å². The van der Waals surface area contributed by atoms with Gasteiger partial charge in [0, 0.05) is 12.1 Å². The van der Waals surface area contributed by atoms with Crippen molar-refractivity contribution in [1.29, 1.82) is 0 Å². The highest BCUT2D eigenvalue weighted by Crippen LogP contribution is 2.17. The molecule has 2 unspecified atom stereocenters. The van der Waals surface area contributed by atoms with Gasteiger partial charge >= 0.3 is 0 Å². The Kier molecular flexibility index (Phi) is 6.54. The molecule has 1 aromatic heterocycles. The first-order chi connectivity index (χ1) is 10.1. The molecule has 0 aromatic carbocycles. The molecular formula is C14H25N3O3S2. The molecule has 0 aliphatic carbocycles. The maximum absolute atomic E-state index is 12.3. The lowest BCUT2D eigenvalue weighted by molar-refractivity contribution is -0.124. The second-order valence-electron chi connectivity index (χ2n) is 6.13. The van der Waals surface area contributed by atoms with Crippen LogP contribution in [0.5, 0.6) is 0 Å². The van der Waals surface area contributed by atoms with Crippen LogP contribution in [0.3, 0.4) is 0 Å². The van der Waals surface area contributed by atoms with Crippen LogP contribution in [0.2, 0.25) is 0 Å². The van der Waals surface area contributed by atoms with E-state index in [9.17, 15) is 13.2 Å². The van der Waals surface area contributed by atoms with E-state index in [0.29, 0.717) is 12.5 Å². The molecule has 1 amide bonds. The number of hydrogen-bond acceptors (Lipinski definition) is 5. The molecular weight excluding hydrogens is 322 g/mol. The van der Waals surface area contributed by atoms with Crippen molar-refractivity contribution >= 4 is 27.3 Å². The first kappa shape index (κ1) is 19.1. The molecule has 1 rings (SSSR count). The first-order valence-corrected chi connectivity index (χ1v) is 9.54. The van der Waals surface area contributed by atoms with Crippen LogP contribution >= 0.6 is 11.3 Å². The summed E-state index contributed by atoms with van der Waals surface area (Å²) in [6, 6.07) is 2.28. The second-order valence-corrected chi connectivity index (χ2v) is 9.02. The highest BCUT2D eigenvalue weighted by molar-refractivity contribution is 7.91. The lowest BCUT2D eigenvalue weighted by atomic mass is 9.90. The lowest BCUT2D eigenvalue weighted by Gasteiger charge is -2.32. The molecule has 8 heteroatoms. The second kappa shape index (κ2) is 7.54. The summed E-state index contributed by atoms with van der Waals surface area (Å²) in [4.78, 5) is 12.3. The number of nitrogens with two attached hydrogens (primary N) is 1. The molecule has 22 heavy (non-hydrogen) atoms. The van der Waals surface area contributed by atoms with Gasteiger partial charge in [0.2, 0.25) is 5.91 Å². The summed E-state index contributed by atoms with van der Waals surface area (Å²) in [6.07, 6.45) is 0.722. The topological polar surface area (TPSA) is 101 Å². The number of rotatable bonds is 8. The molecule has 126 valence electrons. The third kappa shape index (κ3) is 5.35. The fourth-order valence-electron chi connectivity index (χ4n) is 2.25. The van der Waals surface area contributed by atoms with E-state index in [0.717, 1.165) is 17.8 Å². The number of nitrogens with one attached hydrogen (secondary N) is 2. The van der Waals surface area contributed by atoms with Gasteiger partial charge in [-0.15, -0.1) is 11.3 Å². The van der Waals surface area contributed by atoms with E-state index in [1.165, 1.54) is 13.0 Å². The predicted octanol–water partition coefficient (Wildman–Crippen LogP) is 1.29. The minimum absolute atomic E-state index is 0.191. The average Bonchev–Trinajstić information content (AvgIpc) is 2.91. The zero-order valence-corrected chi connectivity index (χ0v) is 15.1. The summed E-state index contributed by atoms with van der Waals surface area (Å²) in [5.41, 5.74) is 5.21. The van der Waals surface area contributed by atoms with Crippen molar-refractivity contribution in [2.45, 2.75) is 49.9 Å². The molecule has 0 saturated heterocycles. The van der Waals surface area contributed by atoms with E-state index in [2.05, 4.69) is 10.0 Å². The van der Waals surface area contributed by atoms with E-state index in [4.69, 9.17) is 5.73 Å². The van der Waals surface area contributed by atoms with Crippen LogP contribution in [0.25, 0.3) is 0 Å². The number of carbonyl (C=O) groups is 1. The summed E-state index contributed by atoms with van der Waals surface area (Å²) < 4.78 is 26.8. The zero-order valence-electron chi connectivity index (χ0n) is 13.4. The van der Waals surface area contributed by atoms with Crippen molar-refractivity contribution in [2.24, 2.45) is 11.7 Å². The molecule has 4 N–H and O–H groups in total. The van der Waals surface area contributed by atoms with Gasteiger partial charge in [-0.05, 0) is 37.6 Å². The van der Waals surface area contributed by atoms with Gasteiger partial charge in [-0.2, -0.15) is 4.72 Å². The van der Waals surface area contributed by atoms with Crippen LogP contribution in [0, 0.1) is 5.92 Å². The Bertz CT molecular complexity index is 584. The first-order valence-electron chi connectivity index (χ1n) is 7.17. The van der Waals surface area contributed by atoms with E-state index in [1.807, 2.05) is 20.8 Å². The fraction of sp³-hybridized carbons (Fsp3) is 0.643. The highest BCUT2D eigenvalue weighted by atomic mass is 32.2. The van der Waals surface area contributed by atoms with E-state index >= 15 is 0 Å². The number of amides is 1. The zero-order chi connectivity index (χ0) is 17.0. The van der Waals surface area contributed by atoms with E-state index < -0.39 is 21.6 Å². The Morgan fingerprint density at radius 2 is 2.05 bits per heavy atom. The third-order valence-electron chi connectivity index (χ3n) is 3.22.